The van der Waals surface area contributed by atoms with Gasteiger partial charge in [0.15, 0.2) is 9.84 Å². The number of benzene rings is 2. The maximum absolute atomic E-state index is 12.6. The van der Waals surface area contributed by atoms with E-state index >= 15 is 0 Å². The normalized spacial score (nSPS) is 17.8. The molecule has 1 atom stereocenters. The summed E-state index contributed by atoms with van der Waals surface area (Å²) in [5.74, 6) is 0.828. The van der Waals surface area contributed by atoms with Gasteiger partial charge in [0.2, 0.25) is 0 Å². The Morgan fingerprint density at radius 2 is 1.95 bits per heavy atom. The topological polar surface area (TPSA) is 69.4 Å². The summed E-state index contributed by atoms with van der Waals surface area (Å²) in [4.78, 5) is 0.284. The molecule has 0 aromatic heterocycles. The van der Waals surface area contributed by atoms with E-state index in [0.717, 1.165) is 11.3 Å². The van der Waals surface area contributed by atoms with Crippen molar-refractivity contribution in [2.24, 2.45) is 0 Å². The standard InChI is InChI=1S/C16H17NO3S/c17-13-4-3-5-14(10-13)21(18,19)11-12-8-9-20-16-7-2-1-6-15(12)16/h1-7,10,12H,8-9,11,17H2. The van der Waals surface area contributed by atoms with Crippen LogP contribution in [0.2, 0.25) is 0 Å². The van der Waals surface area contributed by atoms with Crippen molar-refractivity contribution in [2.45, 2.75) is 17.2 Å². The van der Waals surface area contributed by atoms with Crippen LogP contribution < -0.4 is 10.5 Å². The Hall–Kier alpha value is -2.01. The van der Waals surface area contributed by atoms with Gasteiger partial charge in [-0.1, -0.05) is 24.3 Å². The molecule has 0 amide bonds. The molecule has 0 spiro atoms. The second-order valence-corrected chi connectivity index (χ2v) is 7.26. The second-order valence-electron chi connectivity index (χ2n) is 5.23. The van der Waals surface area contributed by atoms with Crippen LogP contribution in [0.1, 0.15) is 17.9 Å². The van der Waals surface area contributed by atoms with Crippen LogP contribution in [0.25, 0.3) is 0 Å². The molecule has 1 aliphatic heterocycles. The van der Waals surface area contributed by atoms with Crippen LogP contribution in [-0.2, 0) is 9.84 Å². The summed E-state index contributed by atoms with van der Waals surface area (Å²) in [6, 6.07) is 14.1. The lowest BCUT2D eigenvalue weighted by molar-refractivity contribution is 0.272. The van der Waals surface area contributed by atoms with Gasteiger partial charge in [0, 0.05) is 11.6 Å². The molecule has 5 heteroatoms. The zero-order valence-corrected chi connectivity index (χ0v) is 12.3. The van der Waals surface area contributed by atoms with Crippen LogP contribution in [-0.4, -0.2) is 20.8 Å². The minimum Gasteiger partial charge on any atom is -0.493 e. The SMILES string of the molecule is Nc1cccc(S(=O)(=O)CC2CCOc3ccccc32)c1. The molecule has 0 bridgehead atoms. The summed E-state index contributed by atoms with van der Waals surface area (Å²) in [6.07, 6.45) is 0.707. The number of hydrogen-bond donors (Lipinski definition) is 1. The van der Waals surface area contributed by atoms with Gasteiger partial charge >= 0.3 is 0 Å². The van der Waals surface area contributed by atoms with Gasteiger partial charge in [-0.3, -0.25) is 0 Å². The van der Waals surface area contributed by atoms with Gasteiger partial charge in [-0.05, 0) is 36.2 Å². The molecular formula is C16H17NO3S. The van der Waals surface area contributed by atoms with E-state index in [1.54, 1.807) is 18.2 Å². The first-order valence-corrected chi connectivity index (χ1v) is 8.51. The first-order chi connectivity index (χ1) is 10.1. The van der Waals surface area contributed by atoms with Gasteiger partial charge < -0.3 is 10.5 Å². The van der Waals surface area contributed by atoms with Gasteiger partial charge in [0.25, 0.3) is 0 Å². The molecule has 0 aliphatic carbocycles. The molecule has 0 saturated carbocycles. The van der Waals surface area contributed by atoms with E-state index in [2.05, 4.69) is 0 Å². The van der Waals surface area contributed by atoms with Crippen molar-refractivity contribution < 1.29 is 13.2 Å². The largest absolute Gasteiger partial charge is 0.493 e. The van der Waals surface area contributed by atoms with Crippen molar-refractivity contribution in [3.8, 4) is 5.75 Å². The van der Waals surface area contributed by atoms with Crippen LogP contribution in [0.3, 0.4) is 0 Å². The van der Waals surface area contributed by atoms with Crippen molar-refractivity contribution in [3.63, 3.8) is 0 Å². The lowest BCUT2D eigenvalue weighted by Crippen LogP contribution is -2.21. The molecule has 2 aromatic carbocycles. The highest BCUT2D eigenvalue weighted by Crippen LogP contribution is 2.35. The van der Waals surface area contributed by atoms with Crippen molar-refractivity contribution in [1.82, 2.24) is 0 Å². The van der Waals surface area contributed by atoms with Crippen molar-refractivity contribution in [3.05, 3.63) is 54.1 Å². The zero-order valence-electron chi connectivity index (χ0n) is 11.5. The maximum Gasteiger partial charge on any atom is 0.179 e. The van der Waals surface area contributed by atoms with Crippen LogP contribution >= 0.6 is 0 Å². The molecular weight excluding hydrogens is 286 g/mol. The molecule has 21 heavy (non-hydrogen) atoms. The lowest BCUT2D eigenvalue weighted by atomic mass is 9.95. The average Bonchev–Trinajstić information content (AvgIpc) is 2.47. The smallest absolute Gasteiger partial charge is 0.179 e. The number of hydrogen-bond acceptors (Lipinski definition) is 4. The third kappa shape index (κ3) is 2.88. The summed E-state index contributed by atoms with van der Waals surface area (Å²) in [5, 5.41) is 0. The van der Waals surface area contributed by atoms with E-state index in [-0.39, 0.29) is 16.6 Å². The predicted octanol–water partition coefficient (Wildman–Crippen LogP) is 2.61. The van der Waals surface area contributed by atoms with Crippen molar-refractivity contribution >= 4 is 15.5 Å². The fraction of sp³-hybridized carbons (Fsp3) is 0.250. The first kappa shape index (κ1) is 13.9. The van der Waals surface area contributed by atoms with Gasteiger partial charge in [-0.25, -0.2) is 8.42 Å². The summed E-state index contributed by atoms with van der Waals surface area (Å²) >= 11 is 0. The Morgan fingerprint density at radius 3 is 2.76 bits per heavy atom. The molecule has 0 saturated heterocycles. The van der Waals surface area contributed by atoms with E-state index in [1.165, 1.54) is 6.07 Å². The maximum atomic E-state index is 12.6. The lowest BCUT2D eigenvalue weighted by Gasteiger charge is -2.25. The number of para-hydroxylation sites is 1. The summed E-state index contributed by atoms with van der Waals surface area (Å²) in [5.41, 5.74) is 7.11. The Labute approximate surface area is 124 Å². The van der Waals surface area contributed by atoms with Gasteiger partial charge in [-0.15, -0.1) is 0 Å². The first-order valence-electron chi connectivity index (χ1n) is 6.86. The molecule has 110 valence electrons. The molecule has 2 aromatic rings. The minimum atomic E-state index is -3.36. The average molecular weight is 303 g/mol. The van der Waals surface area contributed by atoms with Crippen molar-refractivity contribution in [1.29, 1.82) is 0 Å². The van der Waals surface area contributed by atoms with E-state index in [9.17, 15) is 8.42 Å². The van der Waals surface area contributed by atoms with Gasteiger partial charge in [-0.2, -0.15) is 0 Å². The molecule has 0 fully saturated rings. The molecule has 2 N–H and O–H groups in total. The fourth-order valence-corrected chi connectivity index (χ4v) is 4.33. The quantitative estimate of drug-likeness (QED) is 0.885. The number of ether oxygens (including phenoxy) is 1. The van der Waals surface area contributed by atoms with Gasteiger partial charge in [0.1, 0.15) is 5.75 Å². The molecule has 1 unspecified atom stereocenters. The van der Waals surface area contributed by atoms with Crippen molar-refractivity contribution in [2.75, 3.05) is 18.1 Å². The third-order valence-electron chi connectivity index (χ3n) is 3.72. The predicted molar refractivity (Wildman–Crippen MR) is 82.2 cm³/mol. The summed E-state index contributed by atoms with van der Waals surface area (Å²) < 4.78 is 30.7. The second kappa shape index (κ2) is 5.41. The van der Waals surface area contributed by atoms with Gasteiger partial charge in [0.05, 0.1) is 17.3 Å². The van der Waals surface area contributed by atoms with Crippen LogP contribution in [0.15, 0.2) is 53.4 Å². The Kier molecular flexibility index (Phi) is 3.59. The molecule has 3 rings (SSSR count). The Morgan fingerprint density at radius 1 is 1.14 bits per heavy atom. The molecule has 1 aliphatic rings. The van der Waals surface area contributed by atoms with E-state index in [4.69, 9.17) is 10.5 Å². The number of fused-ring (bicyclic) bond motifs is 1. The molecule has 4 nitrogen and oxygen atoms in total. The van der Waals surface area contributed by atoms with E-state index in [0.29, 0.717) is 18.7 Å². The monoisotopic (exact) mass is 303 g/mol. The van der Waals surface area contributed by atoms with E-state index in [1.807, 2.05) is 24.3 Å². The molecule has 1 heterocycles. The van der Waals surface area contributed by atoms with Crippen LogP contribution in [0.5, 0.6) is 5.75 Å². The Bertz CT molecular complexity index is 756. The number of nitrogen functional groups attached to an aromatic ring is 1. The fourth-order valence-electron chi connectivity index (χ4n) is 2.66. The third-order valence-corrected chi connectivity index (χ3v) is 5.53. The highest BCUT2D eigenvalue weighted by molar-refractivity contribution is 7.91. The highest BCUT2D eigenvalue weighted by atomic mass is 32.2. The zero-order chi connectivity index (χ0) is 14.9. The number of sulfone groups is 1. The highest BCUT2D eigenvalue weighted by Gasteiger charge is 2.27. The minimum absolute atomic E-state index is 0.0404. The summed E-state index contributed by atoms with van der Waals surface area (Å²) in [7, 11) is -3.36. The van der Waals surface area contributed by atoms with E-state index < -0.39 is 9.84 Å². The van der Waals surface area contributed by atoms with Crippen LogP contribution in [0.4, 0.5) is 5.69 Å². The Balaban J connectivity index is 1.90. The number of anilines is 1. The number of nitrogens with two attached hydrogens (primary N) is 1. The summed E-state index contributed by atoms with van der Waals surface area (Å²) in [6.45, 7) is 0.550. The molecule has 0 radical (unpaired) electrons. The van der Waals surface area contributed by atoms with Crippen LogP contribution in [0, 0.1) is 0 Å². The number of rotatable bonds is 3.